The summed E-state index contributed by atoms with van der Waals surface area (Å²) in [5.41, 5.74) is -0.478. The quantitative estimate of drug-likeness (QED) is 0.373. The van der Waals surface area contributed by atoms with Crippen LogP contribution in [0.3, 0.4) is 0 Å². The Morgan fingerprint density at radius 3 is 2.42 bits per heavy atom. The van der Waals surface area contributed by atoms with Crippen molar-refractivity contribution < 1.29 is 24.3 Å². The van der Waals surface area contributed by atoms with Gasteiger partial charge in [-0.3, -0.25) is 0 Å². The maximum atomic E-state index is 10.3. The molecule has 0 spiro atoms. The fourth-order valence-corrected chi connectivity index (χ4v) is 0.230. The fraction of sp³-hybridized carbons (Fsp3) is 0.857. The Labute approximate surface area is 71.4 Å². The first kappa shape index (κ1) is 11.2. The van der Waals surface area contributed by atoms with Crippen molar-refractivity contribution >= 4 is 6.16 Å². The summed E-state index contributed by atoms with van der Waals surface area (Å²) in [6, 6.07) is 0. The van der Waals surface area contributed by atoms with Crippen LogP contribution >= 0.6 is 0 Å². The Morgan fingerprint density at radius 2 is 2.00 bits per heavy atom. The number of hydrogen-bond donors (Lipinski definition) is 0. The standard InChI is InChI=1S/C7H14O5/c1-5-7(2,3)11-12-10-6(8)9-4/h5H2,1-4H3. The van der Waals surface area contributed by atoms with Gasteiger partial charge in [0.1, 0.15) is 5.60 Å². The first-order valence-corrected chi connectivity index (χ1v) is 3.62. The lowest BCUT2D eigenvalue weighted by atomic mass is 10.1. The Balaban J connectivity index is 3.49. The predicted molar refractivity (Wildman–Crippen MR) is 40.0 cm³/mol. The summed E-state index contributed by atoms with van der Waals surface area (Å²) in [6.45, 7) is 5.52. The minimum atomic E-state index is -0.943. The second-order valence-electron chi connectivity index (χ2n) is 2.80. The average Bonchev–Trinajstić information content (AvgIpc) is 2.04. The fourth-order valence-electron chi connectivity index (χ4n) is 0.230. The van der Waals surface area contributed by atoms with Gasteiger partial charge in [-0.15, -0.1) is 0 Å². The highest BCUT2D eigenvalue weighted by atomic mass is 17.5. The molecule has 0 aliphatic carbocycles. The molecule has 0 rings (SSSR count). The maximum Gasteiger partial charge on any atom is 0.542 e. The third-order valence-corrected chi connectivity index (χ3v) is 1.38. The second kappa shape index (κ2) is 4.95. The molecule has 0 saturated carbocycles. The summed E-state index contributed by atoms with van der Waals surface area (Å²) in [5.74, 6) is 0. The van der Waals surface area contributed by atoms with E-state index < -0.39 is 11.8 Å². The molecular formula is C7H14O5. The van der Waals surface area contributed by atoms with Crippen LogP contribution in [0.1, 0.15) is 27.2 Å². The molecule has 0 aromatic carbocycles. The molecule has 0 aromatic rings. The predicted octanol–water partition coefficient (Wildman–Crippen LogP) is 1.82. The first-order valence-electron chi connectivity index (χ1n) is 3.62. The number of ether oxygens (including phenoxy) is 1. The zero-order valence-electron chi connectivity index (χ0n) is 7.75. The third-order valence-electron chi connectivity index (χ3n) is 1.38. The van der Waals surface area contributed by atoms with E-state index in [-0.39, 0.29) is 0 Å². The highest BCUT2D eigenvalue weighted by molar-refractivity contribution is 5.58. The van der Waals surface area contributed by atoms with Crippen molar-refractivity contribution in [3.8, 4) is 0 Å². The van der Waals surface area contributed by atoms with Crippen molar-refractivity contribution in [3.63, 3.8) is 0 Å². The Morgan fingerprint density at radius 1 is 1.42 bits per heavy atom. The lowest BCUT2D eigenvalue weighted by Gasteiger charge is -2.18. The van der Waals surface area contributed by atoms with Crippen molar-refractivity contribution in [2.75, 3.05) is 7.11 Å². The van der Waals surface area contributed by atoms with E-state index in [0.717, 1.165) is 6.42 Å². The number of carbonyl (C=O) groups excluding carboxylic acids is 1. The Hall–Kier alpha value is -0.810. The highest BCUT2D eigenvalue weighted by Gasteiger charge is 2.18. The molecule has 0 N–H and O–H groups in total. The van der Waals surface area contributed by atoms with Gasteiger partial charge in [-0.05, 0) is 25.3 Å². The van der Waals surface area contributed by atoms with E-state index in [0.29, 0.717) is 0 Å². The summed E-state index contributed by atoms with van der Waals surface area (Å²) >= 11 is 0. The van der Waals surface area contributed by atoms with Crippen LogP contribution in [0.2, 0.25) is 0 Å². The molecule has 0 aromatic heterocycles. The molecule has 0 heterocycles. The van der Waals surface area contributed by atoms with Crippen LogP contribution in [0.25, 0.3) is 0 Å². The molecule has 0 unspecified atom stereocenters. The van der Waals surface area contributed by atoms with E-state index in [1.807, 2.05) is 6.92 Å². The van der Waals surface area contributed by atoms with Gasteiger partial charge in [-0.2, -0.15) is 4.89 Å². The van der Waals surface area contributed by atoms with Crippen LogP contribution in [0.4, 0.5) is 4.79 Å². The normalized spacial score (nSPS) is 11.0. The molecule has 0 radical (unpaired) electrons. The van der Waals surface area contributed by atoms with Crippen LogP contribution in [0, 0.1) is 0 Å². The number of rotatable bonds is 4. The summed E-state index contributed by atoms with van der Waals surface area (Å²) in [7, 11) is 1.18. The lowest BCUT2D eigenvalue weighted by molar-refractivity contribution is -0.516. The van der Waals surface area contributed by atoms with E-state index in [1.165, 1.54) is 7.11 Å². The van der Waals surface area contributed by atoms with Gasteiger partial charge in [0.15, 0.2) is 0 Å². The average molecular weight is 178 g/mol. The van der Waals surface area contributed by atoms with Gasteiger partial charge < -0.3 is 4.74 Å². The highest BCUT2D eigenvalue weighted by Crippen LogP contribution is 2.13. The van der Waals surface area contributed by atoms with Crippen molar-refractivity contribution in [2.24, 2.45) is 0 Å². The van der Waals surface area contributed by atoms with Crippen molar-refractivity contribution in [1.29, 1.82) is 0 Å². The summed E-state index contributed by atoms with van der Waals surface area (Å²) in [5, 5.41) is 4.17. The number of methoxy groups -OCH3 is 1. The SMILES string of the molecule is CCC(C)(C)OOOC(=O)OC. The van der Waals surface area contributed by atoms with Gasteiger partial charge in [-0.1, -0.05) is 6.92 Å². The summed E-state index contributed by atoms with van der Waals surface area (Å²) < 4.78 is 4.13. The molecule has 0 saturated heterocycles. The number of hydrogen-bond acceptors (Lipinski definition) is 5. The lowest BCUT2D eigenvalue weighted by Crippen LogP contribution is -2.24. The first-order chi connectivity index (χ1) is 5.52. The van der Waals surface area contributed by atoms with E-state index in [4.69, 9.17) is 4.89 Å². The molecule has 0 atom stereocenters. The van der Waals surface area contributed by atoms with Crippen LogP contribution in [-0.4, -0.2) is 18.9 Å². The van der Waals surface area contributed by atoms with Crippen LogP contribution in [0.15, 0.2) is 0 Å². The molecule has 0 aliphatic heterocycles. The molecule has 0 bridgehead atoms. The smallest absolute Gasteiger partial charge is 0.436 e. The van der Waals surface area contributed by atoms with E-state index in [1.54, 1.807) is 13.8 Å². The van der Waals surface area contributed by atoms with Crippen LogP contribution in [0.5, 0.6) is 0 Å². The molecule has 5 nitrogen and oxygen atoms in total. The van der Waals surface area contributed by atoms with Crippen molar-refractivity contribution in [3.05, 3.63) is 0 Å². The molecule has 5 heteroatoms. The van der Waals surface area contributed by atoms with E-state index in [9.17, 15) is 4.79 Å². The van der Waals surface area contributed by atoms with Gasteiger partial charge in [-0.25, -0.2) is 9.68 Å². The minimum absolute atomic E-state index is 0.478. The van der Waals surface area contributed by atoms with Crippen LogP contribution < -0.4 is 0 Å². The summed E-state index contributed by atoms with van der Waals surface area (Å²) in [6.07, 6.45) is -0.209. The van der Waals surface area contributed by atoms with E-state index in [2.05, 4.69) is 14.7 Å². The second-order valence-corrected chi connectivity index (χ2v) is 2.80. The van der Waals surface area contributed by atoms with Gasteiger partial charge in [0, 0.05) is 0 Å². The topological polar surface area (TPSA) is 54.0 Å². The van der Waals surface area contributed by atoms with Gasteiger partial charge in [0.2, 0.25) is 0 Å². The zero-order chi connectivity index (χ0) is 9.61. The van der Waals surface area contributed by atoms with Crippen molar-refractivity contribution in [1.82, 2.24) is 0 Å². The Bertz CT molecular complexity index is 143. The Kier molecular flexibility index (Phi) is 4.61. The minimum Gasteiger partial charge on any atom is -0.436 e. The largest absolute Gasteiger partial charge is 0.542 e. The maximum absolute atomic E-state index is 10.3. The monoisotopic (exact) mass is 178 g/mol. The van der Waals surface area contributed by atoms with Crippen LogP contribution in [-0.2, 0) is 19.6 Å². The molecule has 0 aliphatic rings. The summed E-state index contributed by atoms with van der Waals surface area (Å²) in [4.78, 5) is 19.1. The molecule has 0 amide bonds. The molecule has 72 valence electrons. The molecule has 0 fully saturated rings. The van der Waals surface area contributed by atoms with Gasteiger partial charge in [0.25, 0.3) is 0 Å². The third kappa shape index (κ3) is 4.92. The number of carbonyl (C=O) groups is 1. The van der Waals surface area contributed by atoms with Gasteiger partial charge >= 0.3 is 6.16 Å². The molecule has 12 heavy (non-hydrogen) atoms. The van der Waals surface area contributed by atoms with E-state index >= 15 is 0 Å². The van der Waals surface area contributed by atoms with Crippen molar-refractivity contribution in [2.45, 2.75) is 32.8 Å². The van der Waals surface area contributed by atoms with Gasteiger partial charge in [0.05, 0.1) is 7.11 Å². The zero-order valence-corrected chi connectivity index (χ0v) is 7.75. The molecular weight excluding hydrogens is 164 g/mol.